The van der Waals surface area contributed by atoms with Crippen LogP contribution in [0.15, 0.2) is 6.33 Å². The van der Waals surface area contributed by atoms with Gasteiger partial charge in [0.05, 0.1) is 19.0 Å². The summed E-state index contributed by atoms with van der Waals surface area (Å²) >= 11 is 0. The first-order chi connectivity index (χ1) is 9.63. The van der Waals surface area contributed by atoms with E-state index in [1.54, 1.807) is 4.57 Å². The van der Waals surface area contributed by atoms with Crippen molar-refractivity contribution in [1.82, 2.24) is 19.5 Å². The van der Waals surface area contributed by atoms with Crippen LogP contribution >= 0.6 is 0 Å². The zero-order valence-corrected chi connectivity index (χ0v) is 10.5. The average molecular weight is 275 g/mol. The van der Waals surface area contributed by atoms with Crippen molar-refractivity contribution in [2.75, 3.05) is 12.3 Å². The predicted molar refractivity (Wildman–Crippen MR) is 69.3 cm³/mol. The Balaban J connectivity index is 2.09. The molecule has 0 aliphatic carbocycles. The van der Waals surface area contributed by atoms with Crippen LogP contribution in [0.3, 0.4) is 0 Å². The second-order valence-electron chi connectivity index (χ2n) is 4.54. The van der Waals surface area contributed by atoms with E-state index in [2.05, 4.69) is 20.9 Å². The molecule has 0 radical (unpaired) electrons. The largest absolute Gasteiger partial charge is 0.394 e. The molecule has 20 heavy (non-hydrogen) atoms. The molecule has 8 heteroatoms. The number of fused-ring (bicyclic) bond motifs is 1. The van der Waals surface area contributed by atoms with E-state index in [1.165, 1.54) is 6.33 Å². The first-order valence-corrected chi connectivity index (χ1v) is 6.05. The highest BCUT2D eigenvalue weighted by Crippen LogP contribution is 2.31. The Hall–Kier alpha value is -2.21. The molecule has 0 saturated carbocycles. The summed E-state index contributed by atoms with van der Waals surface area (Å²) in [5, 5.41) is 19.1. The molecule has 8 nitrogen and oxygen atoms in total. The molecule has 3 heterocycles. The van der Waals surface area contributed by atoms with Gasteiger partial charge < -0.3 is 20.7 Å². The number of rotatable bonds is 2. The monoisotopic (exact) mass is 275 g/mol. The Morgan fingerprint density at radius 2 is 2.35 bits per heavy atom. The minimum absolute atomic E-state index is 0.142. The van der Waals surface area contributed by atoms with E-state index < -0.39 is 18.4 Å². The van der Waals surface area contributed by atoms with Crippen LogP contribution in [0.25, 0.3) is 11.2 Å². The Morgan fingerprint density at radius 3 is 3.00 bits per heavy atom. The van der Waals surface area contributed by atoms with Gasteiger partial charge in [0.1, 0.15) is 11.6 Å². The fraction of sp³-hybridized carbons (Fsp3) is 0.417. The second-order valence-corrected chi connectivity index (χ2v) is 4.54. The summed E-state index contributed by atoms with van der Waals surface area (Å²) in [6, 6.07) is 0. The lowest BCUT2D eigenvalue weighted by molar-refractivity contribution is -0.0486. The third kappa shape index (κ3) is 1.89. The van der Waals surface area contributed by atoms with Gasteiger partial charge in [-0.25, -0.2) is 15.0 Å². The van der Waals surface area contributed by atoms with E-state index in [9.17, 15) is 5.11 Å². The van der Waals surface area contributed by atoms with Crippen LogP contribution < -0.4 is 5.73 Å². The first kappa shape index (κ1) is 12.8. The zero-order chi connectivity index (χ0) is 14.3. The quantitative estimate of drug-likeness (QED) is 0.603. The maximum absolute atomic E-state index is 10.0. The second kappa shape index (κ2) is 4.72. The number of nitrogen functional groups attached to an aromatic ring is 1. The summed E-state index contributed by atoms with van der Waals surface area (Å²) < 4.78 is 7.11. The smallest absolute Gasteiger partial charge is 0.208 e. The first-order valence-electron chi connectivity index (χ1n) is 6.05. The summed E-state index contributed by atoms with van der Waals surface area (Å²) in [6.45, 7) is -0.160. The van der Waals surface area contributed by atoms with Crippen molar-refractivity contribution in [1.29, 1.82) is 0 Å². The van der Waals surface area contributed by atoms with Gasteiger partial charge in [0.2, 0.25) is 5.82 Å². The van der Waals surface area contributed by atoms with Crippen LogP contribution in [0.2, 0.25) is 0 Å². The molecule has 0 amide bonds. The number of aromatic nitrogens is 4. The van der Waals surface area contributed by atoms with E-state index in [-0.39, 0.29) is 18.2 Å². The molecule has 1 fully saturated rings. The van der Waals surface area contributed by atoms with Crippen molar-refractivity contribution in [3.8, 4) is 12.3 Å². The molecule has 3 rings (SSSR count). The van der Waals surface area contributed by atoms with Gasteiger partial charge in [-0.05, 0) is 5.92 Å². The van der Waals surface area contributed by atoms with E-state index in [4.69, 9.17) is 22.0 Å². The van der Waals surface area contributed by atoms with Crippen molar-refractivity contribution in [3.63, 3.8) is 0 Å². The molecule has 1 aliphatic heterocycles. The summed E-state index contributed by atoms with van der Waals surface area (Å²) in [5.41, 5.74) is 6.56. The lowest BCUT2D eigenvalue weighted by atomic mass is 10.2. The molecule has 2 aromatic heterocycles. The van der Waals surface area contributed by atoms with Gasteiger partial charge >= 0.3 is 0 Å². The number of hydrogen-bond donors (Lipinski definition) is 3. The van der Waals surface area contributed by atoms with Crippen LogP contribution in [0.5, 0.6) is 0 Å². The third-order valence-corrected chi connectivity index (χ3v) is 3.22. The Bertz CT molecular complexity index is 692. The molecule has 3 atom stereocenters. The van der Waals surface area contributed by atoms with Gasteiger partial charge in [0, 0.05) is 6.42 Å². The number of anilines is 1. The van der Waals surface area contributed by atoms with Crippen LogP contribution in [0, 0.1) is 12.3 Å². The molecule has 1 unspecified atom stereocenters. The van der Waals surface area contributed by atoms with Crippen molar-refractivity contribution in [3.05, 3.63) is 12.2 Å². The number of nitrogens with two attached hydrogens (primary N) is 1. The van der Waals surface area contributed by atoms with Crippen LogP contribution in [-0.4, -0.2) is 48.5 Å². The molecule has 4 N–H and O–H groups in total. The SMILES string of the molecule is C#Cc1nc(N)c2ncn([C@@H]3O[C@H](CO)CC3O)c2n1. The Morgan fingerprint density at radius 1 is 1.55 bits per heavy atom. The number of aliphatic hydroxyl groups excluding tert-OH is 2. The summed E-state index contributed by atoms with van der Waals surface area (Å²) in [6.07, 6.45) is 5.21. The number of terminal acetylenes is 1. The van der Waals surface area contributed by atoms with Gasteiger partial charge in [0.25, 0.3) is 0 Å². The highest BCUT2D eigenvalue weighted by atomic mass is 16.5. The van der Waals surface area contributed by atoms with Crippen LogP contribution in [0.4, 0.5) is 5.82 Å². The van der Waals surface area contributed by atoms with Crippen molar-refractivity contribution < 1.29 is 14.9 Å². The molecule has 0 spiro atoms. The molecule has 1 saturated heterocycles. The molecule has 2 aromatic rings. The third-order valence-electron chi connectivity index (χ3n) is 3.22. The fourth-order valence-corrected chi connectivity index (χ4v) is 2.29. The highest BCUT2D eigenvalue weighted by Gasteiger charge is 2.36. The number of imidazole rings is 1. The van der Waals surface area contributed by atoms with E-state index >= 15 is 0 Å². The standard InChI is InChI=1S/C12H13N5O3/c1-2-8-15-10(13)9-11(16-8)17(5-14-9)12-7(19)3-6(4-18)20-12/h1,5-7,12,18-19H,3-4H2,(H2,13,15,16)/t6-,7?,12+/m0/s1. The van der Waals surface area contributed by atoms with Crippen LogP contribution in [-0.2, 0) is 4.74 Å². The maximum atomic E-state index is 10.0. The molecule has 0 bridgehead atoms. The predicted octanol–water partition coefficient (Wildman–Crippen LogP) is -0.970. The minimum Gasteiger partial charge on any atom is -0.394 e. The average Bonchev–Trinajstić information content (AvgIpc) is 3.01. The van der Waals surface area contributed by atoms with Gasteiger partial charge in [-0.2, -0.15) is 0 Å². The fourth-order valence-electron chi connectivity index (χ4n) is 2.29. The van der Waals surface area contributed by atoms with E-state index in [0.29, 0.717) is 17.6 Å². The summed E-state index contributed by atoms with van der Waals surface area (Å²) in [7, 11) is 0. The van der Waals surface area contributed by atoms with E-state index in [0.717, 1.165) is 0 Å². The molecule has 1 aliphatic rings. The number of nitrogens with zero attached hydrogens (tertiary/aromatic N) is 4. The Labute approximate surface area is 114 Å². The van der Waals surface area contributed by atoms with E-state index in [1.807, 2.05) is 0 Å². The molecular weight excluding hydrogens is 262 g/mol. The van der Waals surface area contributed by atoms with Gasteiger partial charge in [0.15, 0.2) is 17.7 Å². The summed E-state index contributed by atoms with van der Waals surface area (Å²) in [4.78, 5) is 12.2. The Kier molecular flexibility index (Phi) is 3.02. The lowest BCUT2D eigenvalue weighted by Crippen LogP contribution is -2.19. The van der Waals surface area contributed by atoms with Gasteiger partial charge in [-0.3, -0.25) is 4.57 Å². The number of hydrogen-bond acceptors (Lipinski definition) is 7. The maximum Gasteiger partial charge on any atom is 0.208 e. The molecule has 0 aromatic carbocycles. The summed E-state index contributed by atoms with van der Waals surface area (Å²) in [5.74, 6) is 2.63. The van der Waals surface area contributed by atoms with Gasteiger partial charge in [-0.15, -0.1) is 6.42 Å². The van der Waals surface area contributed by atoms with Crippen LogP contribution in [0.1, 0.15) is 18.5 Å². The molecular formula is C12H13N5O3. The number of ether oxygens (including phenoxy) is 1. The lowest BCUT2D eigenvalue weighted by Gasteiger charge is -2.16. The normalized spacial score (nSPS) is 25.9. The minimum atomic E-state index is -0.768. The topological polar surface area (TPSA) is 119 Å². The van der Waals surface area contributed by atoms with Gasteiger partial charge in [-0.1, -0.05) is 0 Å². The zero-order valence-electron chi connectivity index (χ0n) is 10.5. The highest BCUT2D eigenvalue weighted by molar-refractivity contribution is 5.82. The number of aliphatic hydroxyl groups is 2. The van der Waals surface area contributed by atoms with Crippen molar-refractivity contribution in [2.45, 2.75) is 24.9 Å². The van der Waals surface area contributed by atoms with Crippen molar-refractivity contribution >= 4 is 17.0 Å². The van der Waals surface area contributed by atoms with Crippen molar-refractivity contribution in [2.24, 2.45) is 0 Å². The molecule has 104 valence electrons.